The standard InChI is InChI=1S/C23H25N3O3/c1-15(16-7-9-20-21(14-16)29-12-11-28-20)24-23(27)17-6-8-19-18(13-17)25-22-5-3-2-4-10-26(19)22/h6-9,13-15H,2-5,10-12H2,1H3,(H,24,27)/t15-/m1/s1. The average molecular weight is 391 g/mol. The van der Waals surface area contributed by atoms with Crippen LogP contribution in [0.3, 0.4) is 0 Å². The van der Waals surface area contributed by atoms with E-state index in [2.05, 4.69) is 9.88 Å². The van der Waals surface area contributed by atoms with E-state index in [9.17, 15) is 4.79 Å². The van der Waals surface area contributed by atoms with Crippen molar-refractivity contribution in [1.29, 1.82) is 0 Å². The first-order valence-electron chi connectivity index (χ1n) is 10.4. The molecule has 150 valence electrons. The number of hydrogen-bond acceptors (Lipinski definition) is 4. The van der Waals surface area contributed by atoms with Gasteiger partial charge < -0.3 is 19.4 Å². The summed E-state index contributed by atoms with van der Waals surface area (Å²) in [6, 6.07) is 11.5. The number of carbonyl (C=O) groups excluding carboxylic acids is 1. The number of benzene rings is 2. The Morgan fingerprint density at radius 3 is 2.83 bits per heavy atom. The van der Waals surface area contributed by atoms with Crippen molar-refractivity contribution in [1.82, 2.24) is 14.9 Å². The fourth-order valence-corrected chi connectivity index (χ4v) is 4.18. The zero-order valence-electron chi connectivity index (χ0n) is 16.6. The fourth-order valence-electron chi connectivity index (χ4n) is 4.18. The quantitative estimate of drug-likeness (QED) is 0.732. The van der Waals surface area contributed by atoms with Crippen LogP contribution in [0, 0.1) is 0 Å². The first-order valence-corrected chi connectivity index (χ1v) is 10.4. The maximum Gasteiger partial charge on any atom is 0.251 e. The summed E-state index contributed by atoms with van der Waals surface area (Å²) in [7, 11) is 0. The maximum absolute atomic E-state index is 12.9. The molecule has 29 heavy (non-hydrogen) atoms. The van der Waals surface area contributed by atoms with Crippen molar-refractivity contribution in [3.05, 3.63) is 53.3 Å². The van der Waals surface area contributed by atoms with E-state index in [0.29, 0.717) is 18.8 Å². The van der Waals surface area contributed by atoms with Crippen LogP contribution in [0.5, 0.6) is 11.5 Å². The topological polar surface area (TPSA) is 65.4 Å². The van der Waals surface area contributed by atoms with Crippen LogP contribution in [0.25, 0.3) is 11.0 Å². The van der Waals surface area contributed by atoms with Crippen LogP contribution in [0.2, 0.25) is 0 Å². The van der Waals surface area contributed by atoms with Gasteiger partial charge in [0.25, 0.3) is 5.91 Å². The van der Waals surface area contributed by atoms with Gasteiger partial charge in [-0.3, -0.25) is 4.79 Å². The van der Waals surface area contributed by atoms with Gasteiger partial charge in [-0.15, -0.1) is 0 Å². The average Bonchev–Trinajstić information content (AvgIpc) is 2.93. The molecule has 1 atom stereocenters. The minimum absolute atomic E-state index is 0.0996. The first-order chi connectivity index (χ1) is 14.2. The molecular formula is C23H25N3O3. The van der Waals surface area contributed by atoms with Crippen molar-refractivity contribution >= 4 is 16.9 Å². The molecule has 1 N–H and O–H groups in total. The molecule has 1 amide bonds. The van der Waals surface area contributed by atoms with E-state index in [-0.39, 0.29) is 11.9 Å². The molecule has 6 heteroatoms. The molecule has 6 nitrogen and oxygen atoms in total. The van der Waals surface area contributed by atoms with Crippen molar-refractivity contribution < 1.29 is 14.3 Å². The summed E-state index contributed by atoms with van der Waals surface area (Å²) < 4.78 is 13.5. The van der Waals surface area contributed by atoms with E-state index >= 15 is 0 Å². The zero-order valence-corrected chi connectivity index (χ0v) is 16.6. The van der Waals surface area contributed by atoms with Gasteiger partial charge in [0.05, 0.1) is 17.1 Å². The highest BCUT2D eigenvalue weighted by Crippen LogP contribution is 2.32. The van der Waals surface area contributed by atoms with E-state index in [1.807, 2.05) is 43.3 Å². The monoisotopic (exact) mass is 391 g/mol. The van der Waals surface area contributed by atoms with Crippen LogP contribution in [0.15, 0.2) is 36.4 Å². The second kappa shape index (κ2) is 7.43. The Bertz CT molecular complexity index is 1070. The highest BCUT2D eigenvalue weighted by atomic mass is 16.6. The number of fused-ring (bicyclic) bond motifs is 4. The molecule has 0 bridgehead atoms. The van der Waals surface area contributed by atoms with E-state index in [1.54, 1.807) is 0 Å². The number of hydrogen-bond donors (Lipinski definition) is 1. The number of rotatable bonds is 3. The molecule has 1 aromatic heterocycles. The summed E-state index contributed by atoms with van der Waals surface area (Å²) in [5.74, 6) is 2.52. The van der Waals surface area contributed by atoms with Crippen molar-refractivity contribution in [3.63, 3.8) is 0 Å². The number of nitrogens with one attached hydrogen (secondary N) is 1. The molecule has 0 saturated carbocycles. The first kappa shape index (κ1) is 18.0. The van der Waals surface area contributed by atoms with Crippen LogP contribution in [0.4, 0.5) is 0 Å². The van der Waals surface area contributed by atoms with Gasteiger partial charge in [0.2, 0.25) is 0 Å². The zero-order chi connectivity index (χ0) is 19.8. The SMILES string of the molecule is C[C@@H](NC(=O)c1ccc2c(c1)nc1n2CCCCC1)c1ccc2c(c1)OCCO2. The Morgan fingerprint density at radius 1 is 1.07 bits per heavy atom. The van der Waals surface area contributed by atoms with Crippen LogP contribution in [-0.2, 0) is 13.0 Å². The molecule has 0 unspecified atom stereocenters. The van der Waals surface area contributed by atoms with Crippen LogP contribution >= 0.6 is 0 Å². The van der Waals surface area contributed by atoms with Crippen LogP contribution in [-0.4, -0.2) is 28.7 Å². The molecule has 0 radical (unpaired) electrons. The van der Waals surface area contributed by atoms with Gasteiger partial charge >= 0.3 is 0 Å². The fraction of sp³-hybridized carbons (Fsp3) is 0.391. The van der Waals surface area contributed by atoms with E-state index in [4.69, 9.17) is 14.5 Å². The molecule has 3 heterocycles. The second-order valence-electron chi connectivity index (χ2n) is 7.79. The van der Waals surface area contributed by atoms with Gasteiger partial charge in [-0.2, -0.15) is 0 Å². The van der Waals surface area contributed by atoms with Crippen molar-refractivity contribution in [2.75, 3.05) is 13.2 Å². The molecule has 5 rings (SSSR count). The molecule has 2 aliphatic heterocycles. The van der Waals surface area contributed by atoms with Crippen molar-refractivity contribution in [3.8, 4) is 11.5 Å². The number of aryl methyl sites for hydroxylation is 2. The summed E-state index contributed by atoms with van der Waals surface area (Å²) in [5, 5.41) is 3.09. The van der Waals surface area contributed by atoms with E-state index in [0.717, 1.165) is 46.9 Å². The predicted octanol–water partition coefficient (Wildman–Crippen LogP) is 4.02. The Kier molecular flexibility index (Phi) is 4.62. The number of amides is 1. The highest BCUT2D eigenvalue weighted by molar-refractivity contribution is 5.97. The molecule has 2 aromatic carbocycles. The van der Waals surface area contributed by atoms with E-state index < -0.39 is 0 Å². The highest BCUT2D eigenvalue weighted by Gasteiger charge is 2.18. The lowest BCUT2D eigenvalue weighted by molar-refractivity contribution is 0.0940. The van der Waals surface area contributed by atoms with Crippen LogP contribution in [0.1, 0.15) is 54.0 Å². The molecule has 2 aliphatic rings. The van der Waals surface area contributed by atoms with Crippen molar-refractivity contribution in [2.45, 2.75) is 45.2 Å². The molecule has 0 aliphatic carbocycles. The summed E-state index contributed by atoms with van der Waals surface area (Å²) in [6.45, 7) is 4.10. The normalized spacial score (nSPS) is 16.7. The molecule has 0 spiro atoms. The van der Waals surface area contributed by atoms with Gasteiger partial charge in [-0.1, -0.05) is 12.5 Å². The van der Waals surface area contributed by atoms with Gasteiger partial charge in [0.15, 0.2) is 11.5 Å². The summed E-state index contributed by atoms with van der Waals surface area (Å²) in [5.41, 5.74) is 3.65. The number of aromatic nitrogens is 2. The molecule has 0 fully saturated rings. The molecular weight excluding hydrogens is 366 g/mol. The number of ether oxygens (including phenoxy) is 2. The second-order valence-corrected chi connectivity index (χ2v) is 7.79. The number of imidazole rings is 1. The summed E-state index contributed by atoms with van der Waals surface area (Å²) in [4.78, 5) is 17.7. The Morgan fingerprint density at radius 2 is 1.93 bits per heavy atom. The Hall–Kier alpha value is -3.02. The van der Waals surface area contributed by atoms with Gasteiger partial charge in [0.1, 0.15) is 19.0 Å². The third kappa shape index (κ3) is 3.43. The smallest absolute Gasteiger partial charge is 0.251 e. The molecule has 0 saturated heterocycles. The third-order valence-corrected chi connectivity index (χ3v) is 5.79. The largest absolute Gasteiger partial charge is 0.486 e. The minimum Gasteiger partial charge on any atom is -0.486 e. The molecule has 3 aromatic rings. The number of carbonyl (C=O) groups is 1. The lowest BCUT2D eigenvalue weighted by atomic mass is 10.1. The minimum atomic E-state index is -0.146. The lowest BCUT2D eigenvalue weighted by Gasteiger charge is -2.21. The number of nitrogens with zero attached hydrogens (tertiary/aromatic N) is 2. The van der Waals surface area contributed by atoms with Gasteiger partial charge in [0, 0.05) is 18.5 Å². The van der Waals surface area contributed by atoms with Crippen LogP contribution < -0.4 is 14.8 Å². The third-order valence-electron chi connectivity index (χ3n) is 5.79. The maximum atomic E-state index is 12.9. The van der Waals surface area contributed by atoms with E-state index in [1.165, 1.54) is 19.3 Å². The van der Waals surface area contributed by atoms with Gasteiger partial charge in [-0.25, -0.2) is 4.98 Å². The predicted molar refractivity (Wildman–Crippen MR) is 111 cm³/mol. The lowest BCUT2D eigenvalue weighted by Crippen LogP contribution is -2.26. The Balaban J connectivity index is 1.35. The Labute approximate surface area is 169 Å². The summed E-state index contributed by atoms with van der Waals surface area (Å²) in [6.07, 6.45) is 4.64. The van der Waals surface area contributed by atoms with Gasteiger partial charge in [-0.05, 0) is 55.7 Å². The summed E-state index contributed by atoms with van der Waals surface area (Å²) >= 11 is 0. The van der Waals surface area contributed by atoms with Crippen molar-refractivity contribution in [2.24, 2.45) is 0 Å².